The summed E-state index contributed by atoms with van der Waals surface area (Å²) in [5.74, 6) is 0.655. The number of rotatable bonds is 5. The van der Waals surface area contributed by atoms with Crippen LogP contribution in [0, 0.1) is 5.41 Å². The van der Waals surface area contributed by atoms with Crippen LogP contribution in [0.15, 0.2) is 0 Å². The van der Waals surface area contributed by atoms with E-state index in [9.17, 15) is 9.59 Å². The SMILES string of the molecule is CC(C)(C=O)CC(=O)CSC(C)(C)C. The number of ketones is 1. The number of Topliss-reactive ketones (excluding diaryl/α,β-unsaturated/α-hetero) is 1. The van der Waals surface area contributed by atoms with Crippen LogP contribution in [0.25, 0.3) is 0 Å². The predicted molar refractivity (Wildman–Crippen MR) is 61.7 cm³/mol. The van der Waals surface area contributed by atoms with Crippen molar-refractivity contribution in [1.29, 1.82) is 0 Å². The average molecular weight is 216 g/mol. The maximum atomic E-state index is 11.5. The molecule has 0 unspecified atom stereocenters. The Morgan fingerprint density at radius 1 is 1.21 bits per heavy atom. The third-order valence-corrected chi connectivity index (χ3v) is 2.97. The average Bonchev–Trinajstić information content (AvgIpc) is 1.99. The van der Waals surface area contributed by atoms with Crippen LogP contribution in [0.1, 0.15) is 41.0 Å². The third kappa shape index (κ3) is 7.13. The second-order valence-electron chi connectivity index (χ2n) is 5.22. The highest BCUT2D eigenvalue weighted by molar-refractivity contribution is 8.01. The Hall–Kier alpha value is -0.310. The molecule has 2 nitrogen and oxygen atoms in total. The van der Waals surface area contributed by atoms with Gasteiger partial charge in [0.15, 0.2) is 0 Å². The normalized spacial score (nSPS) is 12.6. The Morgan fingerprint density at radius 2 is 1.71 bits per heavy atom. The summed E-state index contributed by atoms with van der Waals surface area (Å²) in [7, 11) is 0. The lowest BCUT2D eigenvalue weighted by Crippen LogP contribution is -2.21. The summed E-state index contributed by atoms with van der Waals surface area (Å²) >= 11 is 1.63. The molecule has 0 spiro atoms. The van der Waals surface area contributed by atoms with Crippen molar-refractivity contribution in [3.05, 3.63) is 0 Å². The molecule has 0 aliphatic rings. The molecule has 0 aliphatic carbocycles. The molecule has 0 atom stereocenters. The van der Waals surface area contributed by atoms with Gasteiger partial charge in [0.05, 0.1) is 5.75 Å². The van der Waals surface area contributed by atoms with Gasteiger partial charge in [-0.2, -0.15) is 0 Å². The minimum atomic E-state index is -0.504. The van der Waals surface area contributed by atoms with E-state index in [2.05, 4.69) is 20.8 Å². The number of carbonyl (C=O) groups excluding carboxylic acids is 2. The summed E-state index contributed by atoms with van der Waals surface area (Å²) in [5, 5.41) is 0. The van der Waals surface area contributed by atoms with E-state index in [-0.39, 0.29) is 10.5 Å². The Morgan fingerprint density at radius 3 is 2.07 bits per heavy atom. The summed E-state index contributed by atoms with van der Waals surface area (Å²) in [6.07, 6.45) is 1.20. The van der Waals surface area contributed by atoms with E-state index in [1.54, 1.807) is 25.6 Å². The lowest BCUT2D eigenvalue weighted by molar-refractivity contribution is -0.123. The molecule has 14 heavy (non-hydrogen) atoms. The fourth-order valence-corrected chi connectivity index (χ4v) is 1.59. The molecule has 0 fully saturated rings. The maximum Gasteiger partial charge on any atom is 0.143 e. The first-order valence-corrected chi connectivity index (χ1v) is 5.77. The van der Waals surface area contributed by atoms with Crippen molar-refractivity contribution >= 4 is 23.8 Å². The van der Waals surface area contributed by atoms with Crippen LogP contribution in [0.5, 0.6) is 0 Å². The van der Waals surface area contributed by atoms with Crippen LogP contribution in [0.2, 0.25) is 0 Å². The quantitative estimate of drug-likeness (QED) is 0.663. The summed E-state index contributed by atoms with van der Waals surface area (Å²) in [6.45, 7) is 9.82. The van der Waals surface area contributed by atoms with Crippen molar-refractivity contribution in [3.8, 4) is 0 Å². The van der Waals surface area contributed by atoms with Gasteiger partial charge in [0.1, 0.15) is 12.1 Å². The zero-order valence-corrected chi connectivity index (χ0v) is 10.5. The van der Waals surface area contributed by atoms with E-state index in [4.69, 9.17) is 0 Å². The first-order valence-electron chi connectivity index (χ1n) is 4.78. The monoisotopic (exact) mass is 216 g/mol. The van der Waals surface area contributed by atoms with Crippen molar-refractivity contribution < 1.29 is 9.59 Å². The molecule has 0 bridgehead atoms. The first kappa shape index (κ1) is 13.7. The summed E-state index contributed by atoms with van der Waals surface area (Å²) < 4.78 is 0.112. The molecule has 0 aromatic carbocycles. The number of thioether (sulfide) groups is 1. The zero-order valence-electron chi connectivity index (χ0n) is 9.72. The van der Waals surface area contributed by atoms with Gasteiger partial charge in [0, 0.05) is 16.6 Å². The fraction of sp³-hybridized carbons (Fsp3) is 0.818. The van der Waals surface area contributed by atoms with Gasteiger partial charge in [-0.1, -0.05) is 34.6 Å². The molecular weight excluding hydrogens is 196 g/mol. The molecule has 0 N–H and O–H groups in total. The minimum absolute atomic E-state index is 0.112. The van der Waals surface area contributed by atoms with Gasteiger partial charge in [-0.3, -0.25) is 4.79 Å². The van der Waals surface area contributed by atoms with Gasteiger partial charge in [-0.15, -0.1) is 11.8 Å². The van der Waals surface area contributed by atoms with Crippen LogP contribution >= 0.6 is 11.8 Å². The molecular formula is C11H20O2S. The van der Waals surface area contributed by atoms with E-state index in [1.165, 1.54) is 0 Å². The molecule has 0 saturated heterocycles. The molecule has 0 radical (unpaired) electrons. The molecule has 0 rings (SSSR count). The molecule has 82 valence electrons. The van der Waals surface area contributed by atoms with Crippen LogP contribution in [-0.2, 0) is 9.59 Å². The molecule has 0 aliphatic heterocycles. The van der Waals surface area contributed by atoms with E-state index in [1.807, 2.05) is 0 Å². The second-order valence-corrected chi connectivity index (χ2v) is 7.03. The van der Waals surface area contributed by atoms with Crippen molar-refractivity contribution in [3.63, 3.8) is 0 Å². The molecule has 0 saturated carbocycles. The lowest BCUT2D eigenvalue weighted by Gasteiger charge is -2.19. The third-order valence-electron chi connectivity index (χ3n) is 1.64. The Bertz CT molecular complexity index is 214. The van der Waals surface area contributed by atoms with Gasteiger partial charge in [0.2, 0.25) is 0 Å². The number of carbonyl (C=O) groups is 2. The molecule has 0 heterocycles. The van der Waals surface area contributed by atoms with Crippen LogP contribution in [0.3, 0.4) is 0 Å². The topological polar surface area (TPSA) is 34.1 Å². The second kappa shape index (κ2) is 4.96. The van der Waals surface area contributed by atoms with Gasteiger partial charge >= 0.3 is 0 Å². The highest BCUT2D eigenvalue weighted by Gasteiger charge is 2.22. The molecule has 0 aromatic rings. The van der Waals surface area contributed by atoms with Crippen molar-refractivity contribution in [2.24, 2.45) is 5.41 Å². The number of hydrogen-bond acceptors (Lipinski definition) is 3. The van der Waals surface area contributed by atoms with Gasteiger partial charge < -0.3 is 4.79 Å². The standard InChI is InChI=1S/C11H20O2S/c1-10(2,3)14-7-9(13)6-11(4,5)8-12/h8H,6-7H2,1-5H3. The Labute approximate surface area is 90.8 Å². The first-order chi connectivity index (χ1) is 6.16. The minimum Gasteiger partial charge on any atom is -0.303 e. The lowest BCUT2D eigenvalue weighted by atomic mass is 9.90. The zero-order chi connectivity index (χ0) is 11.4. The van der Waals surface area contributed by atoms with Gasteiger partial charge in [-0.25, -0.2) is 0 Å². The summed E-state index contributed by atoms with van der Waals surface area (Å²) in [6, 6.07) is 0. The summed E-state index contributed by atoms with van der Waals surface area (Å²) in [5.41, 5.74) is -0.504. The van der Waals surface area contributed by atoms with Crippen LogP contribution < -0.4 is 0 Å². The predicted octanol–water partition coefficient (Wildman–Crippen LogP) is 2.70. The van der Waals surface area contributed by atoms with Gasteiger partial charge in [0.25, 0.3) is 0 Å². The van der Waals surface area contributed by atoms with Crippen molar-refractivity contribution in [1.82, 2.24) is 0 Å². The Balaban J connectivity index is 3.95. The van der Waals surface area contributed by atoms with Crippen molar-refractivity contribution in [2.45, 2.75) is 45.8 Å². The van der Waals surface area contributed by atoms with E-state index >= 15 is 0 Å². The molecule has 3 heteroatoms. The largest absolute Gasteiger partial charge is 0.303 e. The summed E-state index contributed by atoms with van der Waals surface area (Å²) in [4.78, 5) is 22.1. The maximum absolute atomic E-state index is 11.5. The fourth-order valence-electron chi connectivity index (χ4n) is 0.898. The number of aldehydes is 1. The molecule has 0 amide bonds. The highest BCUT2D eigenvalue weighted by atomic mass is 32.2. The van der Waals surface area contributed by atoms with E-state index in [0.717, 1.165) is 6.29 Å². The van der Waals surface area contributed by atoms with Gasteiger partial charge in [-0.05, 0) is 0 Å². The van der Waals surface area contributed by atoms with E-state index < -0.39 is 5.41 Å². The van der Waals surface area contributed by atoms with Crippen molar-refractivity contribution in [2.75, 3.05) is 5.75 Å². The highest BCUT2D eigenvalue weighted by Crippen LogP contribution is 2.25. The molecule has 0 aromatic heterocycles. The van der Waals surface area contributed by atoms with Crippen LogP contribution in [0.4, 0.5) is 0 Å². The Kier molecular flexibility index (Phi) is 4.85. The smallest absolute Gasteiger partial charge is 0.143 e. The number of hydrogen-bond donors (Lipinski definition) is 0. The van der Waals surface area contributed by atoms with E-state index in [0.29, 0.717) is 12.2 Å². The van der Waals surface area contributed by atoms with Crippen LogP contribution in [-0.4, -0.2) is 22.6 Å².